The first-order chi connectivity index (χ1) is 29.3. The van der Waals surface area contributed by atoms with Crippen LogP contribution in [0, 0.1) is 5.41 Å². The maximum Gasteiger partial charge on any atom is 0.490 e. The van der Waals surface area contributed by atoms with Crippen molar-refractivity contribution in [2.75, 3.05) is 24.8 Å². The van der Waals surface area contributed by atoms with Crippen LogP contribution in [0.25, 0.3) is 33.4 Å². The zero-order valence-electron chi connectivity index (χ0n) is 32.9. The predicted molar refractivity (Wildman–Crippen MR) is 228 cm³/mol. The van der Waals surface area contributed by atoms with Gasteiger partial charge < -0.3 is 49.6 Å². The van der Waals surface area contributed by atoms with E-state index in [1.54, 1.807) is 21.7 Å². The molecule has 0 radical (unpaired) electrons. The molecular weight excluding hydrogens is 998 g/mol. The number of nitrogen functional groups attached to an aromatic ring is 1. The number of rotatable bonds is 19. The molecule has 1 saturated heterocycles. The Morgan fingerprint density at radius 3 is 2.22 bits per heavy atom. The lowest BCUT2D eigenvalue weighted by molar-refractivity contribution is -0.0237. The SMILES string of the molecule is B[C@H]1CC(OCSSC(C)(C)CNC(=O)c2ccc(-c3c4ccc(=N)c(S(=O)(=O)O)c-4oc4c(S(=O)(=O)O)c(N)ccc34)c(C(=O)O)c2)[C@@H](COP(=O)(O)OP(=O)(O)OP(=O)(O)O)O1. The smallest absolute Gasteiger partial charge is 0.478 e. The molecular formula is C31H37BN3O22P3S4. The largest absolute Gasteiger partial charge is 0.490 e. The Hall–Kier alpha value is -3.22. The molecule has 33 heteroatoms. The fraction of sp³-hybridized carbons (Fsp3) is 0.323. The van der Waals surface area contributed by atoms with Crippen molar-refractivity contribution in [1.29, 1.82) is 5.41 Å². The molecule has 25 nitrogen and oxygen atoms in total. The number of phosphoric ester groups is 1. The number of nitrogens with two attached hydrogens (primary N) is 1. The number of carboxylic acid groups (broad SMARTS) is 1. The van der Waals surface area contributed by atoms with Gasteiger partial charge in [0.1, 0.15) is 19.9 Å². The number of anilines is 1. The Kier molecular flexibility index (Phi) is 15.5. The van der Waals surface area contributed by atoms with Crippen molar-refractivity contribution in [2.45, 2.75) is 53.0 Å². The zero-order chi connectivity index (χ0) is 48.0. The van der Waals surface area contributed by atoms with Crippen molar-refractivity contribution in [1.82, 2.24) is 5.32 Å². The van der Waals surface area contributed by atoms with Gasteiger partial charge in [0.2, 0.25) is 0 Å². The van der Waals surface area contributed by atoms with Crippen LogP contribution < -0.4 is 16.4 Å². The van der Waals surface area contributed by atoms with E-state index in [-0.39, 0.29) is 46.5 Å². The second-order valence-electron chi connectivity index (χ2n) is 14.2. The summed E-state index contributed by atoms with van der Waals surface area (Å²) in [7, 11) is -23.0. The number of amides is 1. The molecule has 5 rings (SSSR count). The van der Waals surface area contributed by atoms with Gasteiger partial charge in [0.25, 0.3) is 26.1 Å². The number of phosphoric acid groups is 3. The molecule has 2 heterocycles. The van der Waals surface area contributed by atoms with Gasteiger partial charge in [0.05, 0.1) is 29.3 Å². The third kappa shape index (κ3) is 12.8. The number of hydrogen-bond donors (Lipinski definition) is 10. The summed E-state index contributed by atoms with van der Waals surface area (Å²) in [4.78, 5) is 60.6. The van der Waals surface area contributed by atoms with Gasteiger partial charge in [-0.3, -0.25) is 23.8 Å². The first kappa shape index (κ1) is 51.8. The molecule has 64 heavy (non-hydrogen) atoms. The van der Waals surface area contributed by atoms with Crippen molar-refractivity contribution in [3.63, 3.8) is 0 Å². The maximum atomic E-state index is 13.4. The molecule has 1 amide bonds. The second-order valence-corrected chi connectivity index (χ2v) is 24.3. The van der Waals surface area contributed by atoms with Crippen LogP contribution in [0.1, 0.15) is 41.0 Å². The summed E-state index contributed by atoms with van der Waals surface area (Å²) in [6, 6.07) is 7.42. The summed E-state index contributed by atoms with van der Waals surface area (Å²) in [5, 5.41) is 20.3. The van der Waals surface area contributed by atoms with Crippen LogP contribution in [0.3, 0.4) is 0 Å². The normalized spacial score (nSPS) is 19.3. The van der Waals surface area contributed by atoms with Crippen LogP contribution in [0.4, 0.5) is 5.69 Å². The molecule has 2 aromatic rings. The summed E-state index contributed by atoms with van der Waals surface area (Å²) in [6.45, 7) is 2.81. The number of carbonyl (C=O) groups is 2. The Balaban J connectivity index is 1.30. The van der Waals surface area contributed by atoms with E-state index in [0.29, 0.717) is 0 Å². The second kappa shape index (κ2) is 19.2. The van der Waals surface area contributed by atoms with Crippen molar-refractivity contribution in [3.05, 3.63) is 58.9 Å². The van der Waals surface area contributed by atoms with Crippen LogP contribution in [-0.4, -0.2) is 112 Å². The summed E-state index contributed by atoms with van der Waals surface area (Å²) in [6.07, 6.45) is -1.43. The molecule has 1 aliphatic carbocycles. The Morgan fingerprint density at radius 1 is 0.969 bits per heavy atom. The quantitative estimate of drug-likeness (QED) is 0.00943. The van der Waals surface area contributed by atoms with Gasteiger partial charge in [-0.25, -0.2) is 18.5 Å². The van der Waals surface area contributed by atoms with Gasteiger partial charge >= 0.3 is 29.4 Å². The molecule has 5 atom stereocenters. The lowest BCUT2D eigenvalue weighted by Gasteiger charge is -2.25. The number of fused-ring (bicyclic) bond motifs is 2. The monoisotopic (exact) mass is 1040 g/mol. The molecule has 0 bridgehead atoms. The van der Waals surface area contributed by atoms with E-state index in [4.69, 9.17) is 34.8 Å². The average Bonchev–Trinajstić information content (AvgIpc) is 3.49. The Morgan fingerprint density at radius 2 is 1.61 bits per heavy atom. The molecule has 0 saturated carbocycles. The Labute approximate surface area is 371 Å². The molecule has 3 aliphatic rings. The van der Waals surface area contributed by atoms with E-state index < -0.39 is 123 Å². The third-order valence-corrected chi connectivity index (χ3v) is 17.4. The van der Waals surface area contributed by atoms with Crippen LogP contribution in [0.15, 0.2) is 56.7 Å². The van der Waals surface area contributed by atoms with E-state index in [1.165, 1.54) is 45.9 Å². The fourth-order valence-corrected chi connectivity index (χ4v) is 13.0. The van der Waals surface area contributed by atoms with Crippen molar-refractivity contribution in [3.8, 4) is 22.5 Å². The third-order valence-electron chi connectivity index (χ3n) is 8.79. The lowest BCUT2D eigenvalue weighted by atomic mass is 9.89. The highest BCUT2D eigenvalue weighted by molar-refractivity contribution is 8.77. The molecule has 3 unspecified atom stereocenters. The number of carboxylic acids is 1. The summed E-state index contributed by atoms with van der Waals surface area (Å²) in [5.74, 6) is -3.09. The Bertz CT molecular complexity index is 2910. The number of aromatic carboxylic acids is 1. The van der Waals surface area contributed by atoms with E-state index in [2.05, 4.69) is 18.5 Å². The van der Waals surface area contributed by atoms with Crippen LogP contribution >= 0.6 is 45.1 Å². The van der Waals surface area contributed by atoms with Crippen molar-refractivity contribution in [2.24, 2.45) is 0 Å². The summed E-state index contributed by atoms with van der Waals surface area (Å²) < 4.78 is 133. The van der Waals surface area contributed by atoms with Gasteiger partial charge in [-0.1, -0.05) is 27.7 Å². The van der Waals surface area contributed by atoms with Gasteiger partial charge in [-0.2, -0.15) is 25.5 Å². The van der Waals surface area contributed by atoms with E-state index >= 15 is 0 Å². The first-order valence-corrected chi connectivity index (χ1v) is 27.3. The average molecular weight is 1040 g/mol. The standard InChI is InChI=1S/C31H37BN3O22P3S4/c1-31(2,62-61-13-52-21-10-23(32)54-22(21)11-53-59(42,43)57-60(44,45)56-58(39,40)41)12-35-29(36)14-3-4-15(18(9-14)30(37)38)24-16-5-7-19(33)27(63(46,47)48)25(16)55-26-17(24)6-8-20(34)28(26)64(49,50)51/h3-9,21-23,33H,10-13,32,34H2,1-2H3,(H,35,36)(H,37,38)(H,42,43)(H,44,45)(H2,39,40,41)(H,46,47,48)(H,49,50,51)/t21?,22-,23-/m1/s1. The molecule has 2 aromatic carbocycles. The highest BCUT2D eigenvalue weighted by Gasteiger charge is 2.43. The minimum Gasteiger partial charge on any atom is -0.478 e. The van der Waals surface area contributed by atoms with Crippen LogP contribution in [0.5, 0.6) is 0 Å². The number of nitrogens with one attached hydrogen (secondary N) is 2. The molecule has 11 N–H and O–H groups in total. The minimum atomic E-state index is -5.73. The highest BCUT2D eigenvalue weighted by Crippen LogP contribution is 2.66. The summed E-state index contributed by atoms with van der Waals surface area (Å²) in [5.41, 5.74) is 3.28. The van der Waals surface area contributed by atoms with E-state index in [1.807, 2.05) is 0 Å². The van der Waals surface area contributed by atoms with E-state index in [9.17, 15) is 64.1 Å². The van der Waals surface area contributed by atoms with Crippen LogP contribution in [0.2, 0.25) is 0 Å². The van der Waals surface area contributed by atoms with Gasteiger partial charge in [0, 0.05) is 39.4 Å². The first-order valence-electron chi connectivity index (χ1n) is 17.6. The van der Waals surface area contributed by atoms with Crippen LogP contribution in [-0.2, 0) is 56.6 Å². The molecule has 350 valence electrons. The highest BCUT2D eigenvalue weighted by atomic mass is 33.1. The van der Waals surface area contributed by atoms with Gasteiger partial charge in [0.15, 0.2) is 21.1 Å². The van der Waals surface area contributed by atoms with E-state index in [0.717, 1.165) is 18.2 Å². The molecule has 0 aromatic heterocycles. The molecule has 1 fully saturated rings. The zero-order valence-corrected chi connectivity index (χ0v) is 38.9. The fourth-order valence-electron chi connectivity index (χ4n) is 6.31. The van der Waals surface area contributed by atoms with Gasteiger partial charge in [-0.15, -0.1) is 0 Å². The number of ether oxygens (including phenoxy) is 2. The summed E-state index contributed by atoms with van der Waals surface area (Å²) >= 11 is 0. The molecule has 0 spiro atoms. The predicted octanol–water partition coefficient (Wildman–Crippen LogP) is 2.78. The van der Waals surface area contributed by atoms with Crippen molar-refractivity contribution < 1.29 is 101 Å². The topological polar surface area (TPSA) is 416 Å². The number of carbonyl (C=O) groups excluding carboxylic acids is 1. The number of benzene rings is 3. The lowest BCUT2D eigenvalue weighted by Crippen LogP contribution is -2.36. The number of hydrogen-bond acceptors (Lipinski definition) is 19. The van der Waals surface area contributed by atoms with Crippen molar-refractivity contribution >= 4 is 102 Å². The van der Waals surface area contributed by atoms with Gasteiger partial charge in [-0.05, 0) is 62.2 Å². The minimum absolute atomic E-state index is 0.00125. The maximum absolute atomic E-state index is 13.4. The molecule has 2 aliphatic heterocycles.